The van der Waals surface area contributed by atoms with Gasteiger partial charge in [0.15, 0.2) is 0 Å². The van der Waals surface area contributed by atoms with E-state index in [9.17, 15) is 0 Å². The Morgan fingerprint density at radius 3 is 1.00 bits per heavy atom. The van der Waals surface area contributed by atoms with Crippen molar-refractivity contribution in [1.82, 2.24) is 0 Å². The first kappa shape index (κ1) is 16.7. The Labute approximate surface area is 99.3 Å². The van der Waals surface area contributed by atoms with Crippen molar-refractivity contribution in [2.75, 3.05) is 0 Å². The van der Waals surface area contributed by atoms with Crippen molar-refractivity contribution in [1.29, 1.82) is 0 Å². The van der Waals surface area contributed by atoms with Gasteiger partial charge in [0.05, 0.1) is 0 Å². The van der Waals surface area contributed by atoms with Gasteiger partial charge in [-0.25, -0.2) is 0 Å². The normalized spacial score (nSPS) is 10.2. The molecular weight excluding hydrogens is 292 g/mol. The first-order chi connectivity index (χ1) is 5.35. The summed E-state index contributed by atoms with van der Waals surface area (Å²) in [6.07, 6.45) is 0. The van der Waals surface area contributed by atoms with Gasteiger partial charge in [-0.15, -0.1) is 0 Å². The Balaban J connectivity index is 0. The molecule has 0 aliphatic rings. The summed E-state index contributed by atoms with van der Waals surface area (Å²) in [4.78, 5) is 0. The van der Waals surface area contributed by atoms with Crippen molar-refractivity contribution in [3.05, 3.63) is 0 Å². The predicted molar refractivity (Wildman–Crippen MR) is 60.6 cm³/mol. The van der Waals surface area contributed by atoms with E-state index in [0.717, 1.165) is 0 Å². The average molecular weight is 307 g/mol. The van der Waals surface area contributed by atoms with Crippen LogP contribution < -0.4 is 0 Å². The third-order valence-electron chi connectivity index (χ3n) is 1.73. The molecule has 0 radical (unpaired) electrons. The first-order valence-corrected chi connectivity index (χ1v) is 14.2. The van der Waals surface area contributed by atoms with Crippen LogP contribution in [-0.4, -0.2) is 14.1 Å². The molecule has 0 aliphatic carbocycles. The number of hydrogen-bond donors (Lipinski definition) is 0. The van der Waals surface area contributed by atoms with Crippen molar-refractivity contribution in [2.45, 2.75) is 36.6 Å². The van der Waals surface area contributed by atoms with E-state index in [0.29, 0.717) is 0 Å². The fourth-order valence-corrected chi connectivity index (χ4v) is 2.60. The van der Waals surface area contributed by atoms with Crippen molar-refractivity contribution < 1.29 is 10.2 Å². The van der Waals surface area contributed by atoms with Crippen LogP contribution in [0.3, 0.4) is 0 Å². The summed E-state index contributed by atoms with van der Waals surface area (Å²) in [7, 11) is 17.0. The molecule has 0 spiro atoms. The molecule has 0 unspecified atom stereocenters. The zero-order chi connectivity index (χ0) is 10.2. The van der Waals surface area contributed by atoms with E-state index < -0.39 is 10.2 Å². The van der Waals surface area contributed by atoms with E-state index in [1.165, 1.54) is 15.8 Å². The van der Waals surface area contributed by atoms with E-state index in [1.807, 2.05) is 0 Å². The average Bonchev–Trinajstić information content (AvgIpc) is 1.88. The standard InChI is InChI=1S/3C2H5.Al.4ClH.V/c3*1-2;;;;;;/h3*1H2,2H3;;4*1H;/q;;;;;;;;+4/p-4. The maximum absolute atomic E-state index is 5.00. The third kappa shape index (κ3) is 22.8. The van der Waals surface area contributed by atoms with Crippen LogP contribution in [0, 0.1) is 0 Å². The van der Waals surface area contributed by atoms with Crippen LogP contribution >= 0.6 is 39.4 Å². The quantitative estimate of drug-likeness (QED) is 0.621. The number of halogens is 4. The van der Waals surface area contributed by atoms with Gasteiger partial charge in [-0.2, -0.15) is 0 Å². The summed E-state index contributed by atoms with van der Waals surface area (Å²) in [5.41, 5.74) is 0. The second-order valence-electron chi connectivity index (χ2n) is 2.47. The van der Waals surface area contributed by atoms with Crippen LogP contribution in [0.2, 0.25) is 15.8 Å². The Kier molecular flexibility index (Phi) is 13.7. The van der Waals surface area contributed by atoms with Crippen LogP contribution in [0.5, 0.6) is 0 Å². The van der Waals surface area contributed by atoms with Crippen LogP contribution in [0.25, 0.3) is 0 Å². The molecule has 0 saturated carbocycles. The van der Waals surface area contributed by atoms with Crippen molar-refractivity contribution in [2.24, 2.45) is 0 Å². The predicted octanol–water partition coefficient (Wildman–Crippen LogP) is 5.30. The van der Waals surface area contributed by atoms with Gasteiger partial charge >= 0.3 is 49.6 Å². The molecule has 0 aliphatic heterocycles. The summed E-state index contributed by atoms with van der Waals surface area (Å²) in [5.74, 6) is 0. The van der Waals surface area contributed by atoms with E-state index in [2.05, 4.69) is 20.8 Å². The topological polar surface area (TPSA) is 0 Å². The Bertz CT molecular complexity index is 80.5. The second-order valence-corrected chi connectivity index (χ2v) is 20.5. The molecule has 0 aromatic heterocycles. The zero-order valence-electron chi connectivity index (χ0n) is 7.66. The van der Waals surface area contributed by atoms with Gasteiger partial charge in [0.2, 0.25) is 0 Å². The monoisotopic (exact) mass is 305 g/mol. The fraction of sp³-hybridized carbons (Fsp3) is 1.00. The molecule has 0 heterocycles. The minimum atomic E-state index is -2.99. The molecule has 0 atom stereocenters. The van der Waals surface area contributed by atoms with Gasteiger partial charge < -0.3 is 0 Å². The van der Waals surface area contributed by atoms with Crippen LogP contribution in [0.4, 0.5) is 0 Å². The molecular formula is C6H15AlCl4V. The molecule has 0 saturated heterocycles. The summed E-state index contributed by atoms with van der Waals surface area (Å²) < 4.78 is 0. The Morgan fingerprint density at radius 2 is 1.00 bits per heavy atom. The van der Waals surface area contributed by atoms with E-state index >= 15 is 0 Å². The maximum atomic E-state index is 5.00. The molecule has 0 fully saturated rings. The molecule has 0 nitrogen and oxygen atoms in total. The molecule has 0 aromatic rings. The van der Waals surface area contributed by atoms with Gasteiger partial charge in [0.25, 0.3) is 14.1 Å². The summed E-state index contributed by atoms with van der Waals surface area (Å²) >= 11 is -0.171. The molecule has 0 rings (SSSR count). The van der Waals surface area contributed by atoms with Gasteiger partial charge in [-0.1, -0.05) is 36.6 Å². The van der Waals surface area contributed by atoms with Gasteiger partial charge in [0, 0.05) is 0 Å². The molecule has 6 heteroatoms. The number of hydrogen-bond acceptors (Lipinski definition) is 0. The van der Waals surface area contributed by atoms with Crippen molar-refractivity contribution in [3.8, 4) is 0 Å². The van der Waals surface area contributed by atoms with Crippen molar-refractivity contribution in [3.63, 3.8) is 0 Å². The van der Waals surface area contributed by atoms with Gasteiger partial charge in [-0.3, -0.25) is 0 Å². The van der Waals surface area contributed by atoms with Gasteiger partial charge in [0.1, 0.15) is 0 Å². The van der Waals surface area contributed by atoms with E-state index in [4.69, 9.17) is 39.4 Å². The van der Waals surface area contributed by atoms with Crippen molar-refractivity contribution >= 4 is 53.5 Å². The van der Waals surface area contributed by atoms with Crippen LogP contribution in [0.1, 0.15) is 20.8 Å². The molecule has 0 amide bonds. The molecule has 75 valence electrons. The van der Waals surface area contributed by atoms with Gasteiger partial charge in [-0.05, 0) is 0 Å². The third-order valence-corrected chi connectivity index (χ3v) is 5.20. The van der Waals surface area contributed by atoms with Crippen LogP contribution in [-0.2, 0) is 10.2 Å². The van der Waals surface area contributed by atoms with Crippen LogP contribution in [0.15, 0.2) is 0 Å². The molecule has 12 heavy (non-hydrogen) atoms. The van der Waals surface area contributed by atoms with E-state index in [-0.39, 0.29) is 14.1 Å². The Morgan fingerprint density at radius 1 is 0.833 bits per heavy atom. The molecule has 0 N–H and O–H groups in total. The summed E-state index contributed by atoms with van der Waals surface area (Å²) in [6, 6.07) is 0. The number of rotatable bonds is 3. The molecule has 0 bridgehead atoms. The SMILES string of the molecule is C[CH2][Al]([CH2]C)[CH2]C.[Cl][V]([Cl])([Cl])[Cl]. The Hall–Kier alpha value is 2.28. The first-order valence-electron chi connectivity index (χ1n) is 4.02. The zero-order valence-corrected chi connectivity index (χ0v) is 13.2. The minimum absolute atomic E-state index is 0.171. The second kappa shape index (κ2) is 9.82. The molecule has 0 aromatic carbocycles. The summed E-state index contributed by atoms with van der Waals surface area (Å²) in [6.45, 7) is 6.97. The van der Waals surface area contributed by atoms with E-state index in [1.54, 1.807) is 0 Å². The summed E-state index contributed by atoms with van der Waals surface area (Å²) in [5, 5.41) is 4.48. The fourth-order valence-electron chi connectivity index (χ4n) is 0.866.